The summed E-state index contributed by atoms with van der Waals surface area (Å²) < 4.78 is 0. The van der Waals surface area contributed by atoms with Crippen molar-refractivity contribution in [3.05, 3.63) is 40.9 Å². The molecule has 0 aliphatic rings. The Hall–Kier alpha value is -1.14. The van der Waals surface area contributed by atoms with Crippen molar-refractivity contribution in [3.8, 4) is 10.6 Å². The largest absolute Gasteiger partial charge is 0.349 e. The molecule has 1 amide bonds. The molecule has 0 saturated carbocycles. The van der Waals surface area contributed by atoms with Crippen LogP contribution < -0.4 is 10.6 Å². The molecule has 7 heteroatoms. The van der Waals surface area contributed by atoms with E-state index in [9.17, 15) is 4.79 Å². The summed E-state index contributed by atoms with van der Waals surface area (Å²) in [6.07, 6.45) is 0. The Bertz CT molecular complexity index is 629. The molecule has 0 aliphatic heterocycles. The van der Waals surface area contributed by atoms with Crippen molar-refractivity contribution in [3.63, 3.8) is 0 Å². The minimum Gasteiger partial charge on any atom is -0.349 e. The molecule has 1 unspecified atom stereocenters. The molecule has 1 heterocycles. The summed E-state index contributed by atoms with van der Waals surface area (Å²) in [4.78, 5) is 16.5. The van der Waals surface area contributed by atoms with Crippen molar-refractivity contribution < 1.29 is 4.79 Å². The number of hydrogen-bond acceptors (Lipinski definition) is 4. The lowest BCUT2D eigenvalue weighted by Crippen LogP contribution is -2.37. The maximum atomic E-state index is 12.1. The quantitative estimate of drug-likeness (QED) is 0.780. The van der Waals surface area contributed by atoms with Crippen LogP contribution in [0.2, 0.25) is 0 Å². The minimum atomic E-state index is -0.122. The maximum Gasteiger partial charge on any atom is 0.270 e. The average Bonchev–Trinajstić information content (AvgIpc) is 3.02. The zero-order valence-electron chi connectivity index (χ0n) is 14.3. The predicted octanol–water partition coefficient (Wildman–Crippen LogP) is 4.11. The van der Waals surface area contributed by atoms with E-state index in [1.54, 1.807) is 0 Å². The summed E-state index contributed by atoms with van der Waals surface area (Å²) in [5, 5.41) is 8.65. The number of carbonyl (C=O) groups is 1. The van der Waals surface area contributed by atoms with Gasteiger partial charge in [-0.3, -0.25) is 4.79 Å². The number of nitrogens with one attached hydrogen (secondary N) is 2. The summed E-state index contributed by atoms with van der Waals surface area (Å²) in [6.45, 7) is 6.95. The molecular weight excluding hydrogens is 365 g/mol. The van der Waals surface area contributed by atoms with Crippen molar-refractivity contribution in [1.82, 2.24) is 15.6 Å². The fourth-order valence-electron chi connectivity index (χ4n) is 1.96. The van der Waals surface area contributed by atoms with E-state index >= 15 is 0 Å². The van der Waals surface area contributed by atoms with E-state index in [1.807, 2.05) is 19.4 Å². The summed E-state index contributed by atoms with van der Waals surface area (Å²) in [5.74, 6) is 0.393. The van der Waals surface area contributed by atoms with Crippen LogP contribution in [0.5, 0.6) is 0 Å². The molecule has 1 atom stereocenters. The van der Waals surface area contributed by atoms with Gasteiger partial charge in [0.05, 0.1) is 0 Å². The molecule has 134 valence electrons. The first-order valence-electron chi connectivity index (χ1n) is 7.52. The predicted molar refractivity (Wildman–Crippen MR) is 107 cm³/mol. The second-order valence-corrected chi connectivity index (χ2v) is 6.57. The summed E-state index contributed by atoms with van der Waals surface area (Å²) in [6, 6.07) is 8.62. The highest BCUT2D eigenvalue weighted by atomic mass is 35.5. The van der Waals surface area contributed by atoms with Crippen LogP contribution in [0.4, 0.5) is 0 Å². The smallest absolute Gasteiger partial charge is 0.270 e. The molecule has 1 aromatic carbocycles. The molecule has 2 aromatic rings. The zero-order valence-corrected chi connectivity index (χ0v) is 16.8. The summed E-state index contributed by atoms with van der Waals surface area (Å²) in [5.41, 5.74) is 2.84. The highest BCUT2D eigenvalue weighted by molar-refractivity contribution is 7.13. The molecule has 0 saturated heterocycles. The third-order valence-corrected chi connectivity index (χ3v) is 4.51. The van der Waals surface area contributed by atoms with Gasteiger partial charge in [-0.1, -0.05) is 38.1 Å². The van der Waals surface area contributed by atoms with Gasteiger partial charge in [-0.25, -0.2) is 4.98 Å². The summed E-state index contributed by atoms with van der Waals surface area (Å²) in [7, 11) is 1.87. The van der Waals surface area contributed by atoms with Crippen molar-refractivity contribution >= 4 is 42.1 Å². The van der Waals surface area contributed by atoms with Crippen LogP contribution in [-0.2, 0) is 0 Å². The molecule has 1 aromatic heterocycles. The van der Waals surface area contributed by atoms with Crippen LogP contribution in [-0.4, -0.2) is 30.5 Å². The van der Waals surface area contributed by atoms with E-state index in [1.165, 1.54) is 16.9 Å². The first-order chi connectivity index (χ1) is 10.5. The molecule has 0 aliphatic carbocycles. The SMILES string of the molecule is CNC(C)CNC(=O)c1csc(-c2ccc(C(C)C)cc2)n1.Cl.Cl. The Balaban J connectivity index is 0.00000264. The number of carbonyl (C=O) groups excluding carboxylic acids is 1. The number of hydrogen-bond donors (Lipinski definition) is 2. The number of aromatic nitrogens is 1. The number of halogens is 2. The number of benzene rings is 1. The van der Waals surface area contributed by atoms with Crippen molar-refractivity contribution in [2.45, 2.75) is 32.7 Å². The molecule has 2 N–H and O–H groups in total. The standard InChI is InChI=1S/C17H23N3OS.2ClH/c1-11(2)13-5-7-14(8-6-13)17-20-15(10-22-17)16(21)19-9-12(3)18-4;;/h5-8,10-12,18H,9H2,1-4H3,(H,19,21);2*1H. The Morgan fingerprint density at radius 3 is 2.33 bits per heavy atom. The van der Waals surface area contributed by atoms with Gasteiger partial charge < -0.3 is 10.6 Å². The Morgan fingerprint density at radius 2 is 1.79 bits per heavy atom. The van der Waals surface area contributed by atoms with Crippen LogP contribution >= 0.6 is 36.2 Å². The maximum absolute atomic E-state index is 12.1. The van der Waals surface area contributed by atoms with E-state index in [2.05, 4.69) is 53.7 Å². The Morgan fingerprint density at radius 1 is 1.17 bits per heavy atom. The normalized spacial score (nSPS) is 11.4. The molecule has 0 bridgehead atoms. The molecule has 0 radical (unpaired) electrons. The number of amides is 1. The molecule has 0 fully saturated rings. The van der Waals surface area contributed by atoms with Gasteiger partial charge in [0.15, 0.2) is 0 Å². The topological polar surface area (TPSA) is 54.0 Å². The number of thiazole rings is 1. The van der Waals surface area contributed by atoms with Crippen LogP contribution in [0, 0.1) is 0 Å². The van der Waals surface area contributed by atoms with Crippen molar-refractivity contribution in [2.24, 2.45) is 0 Å². The highest BCUT2D eigenvalue weighted by Crippen LogP contribution is 2.25. The molecule has 0 spiro atoms. The van der Waals surface area contributed by atoms with E-state index < -0.39 is 0 Å². The lowest BCUT2D eigenvalue weighted by atomic mass is 10.0. The van der Waals surface area contributed by atoms with Gasteiger partial charge in [0, 0.05) is 23.5 Å². The third-order valence-electron chi connectivity index (χ3n) is 3.62. The van der Waals surface area contributed by atoms with E-state index in [-0.39, 0.29) is 36.8 Å². The second-order valence-electron chi connectivity index (χ2n) is 5.71. The summed E-state index contributed by atoms with van der Waals surface area (Å²) >= 11 is 1.50. The van der Waals surface area contributed by atoms with Crippen LogP contribution in [0.3, 0.4) is 0 Å². The third kappa shape index (κ3) is 6.06. The van der Waals surface area contributed by atoms with Gasteiger partial charge in [0.2, 0.25) is 0 Å². The minimum absolute atomic E-state index is 0. The molecule has 2 rings (SSSR count). The monoisotopic (exact) mass is 389 g/mol. The van der Waals surface area contributed by atoms with Crippen LogP contribution in [0.1, 0.15) is 42.7 Å². The Labute approximate surface area is 160 Å². The van der Waals surface area contributed by atoms with E-state index in [0.29, 0.717) is 18.2 Å². The van der Waals surface area contributed by atoms with Gasteiger partial charge in [0.1, 0.15) is 10.7 Å². The lowest BCUT2D eigenvalue weighted by Gasteiger charge is -2.10. The molecular formula is C17H25Cl2N3OS. The number of rotatable bonds is 6. The van der Waals surface area contributed by atoms with Crippen LogP contribution in [0.25, 0.3) is 10.6 Å². The fourth-order valence-corrected chi connectivity index (χ4v) is 2.77. The van der Waals surface area contributed by atoms with Gasteiger partial charge in [-0.15, -0.1) is 36.2 Å². The average molecular weight is 390 g/mol. The van der Waals surface area contributed by atoms with Crippen molar-refractivity contribution in [2.75, 3.05) is 13.6 Å². The van der Waals surface area contributed by atoms with Gasteiger partial charge in [-0.2, -0.15) is 0 Å². The first-order valence-corrected chi connectivity index (χ1v) is 8.40. The number of likely N-dealkylation sites (N-methyl/N-ethyl adjacent to an activating group) is 1. The van der Waals surface area contributed by atoms with Crippen LogP contribution in [0.15, 0.2) is 29.6 Å². The zero-order chi connectivity index (χ0) is 16.1. The highest BCUT2D eigenvalue weighted by Gasteiger charge is 2.12. The first kappa shape index (κ1) is 22.9. The van der Waals surface area contributed by atoms with Crippen molar-refractivity contribution in [1.29, 1.82) is 0 Å². The fraction of sp³-hybridized carbons (Fsp3) is 0.412. The van der Waals surface area contributed by atoms with Gasteiger partial charge in [-0.05, 0) is 25.5 Å². The second kappa shape index (κ2) is 10.7. The number of nitrogens with zero attached hydrogens (tertiary/aromatic N) is 1. The van der Waals surface area contributed by atoms with E-state index in [0.717, 1.165) is 10.6 Å². The lowest BCUT2D eigenvalue weighted by molar-refractivity contribution is 0.0946. The Kier molecular flexibility index (Phi) is 10.2. The van der Waals surface area contributed by atoms with Gasteiger partial charge >= 0.3 is 0 Å². The molecule has 4 nitrogen and oxygen atoms in total. The van der Waals surface area contributed by atoms with Gasteiger partial charge in [0.25, 0.3) is 5.91 Å². The van der Waals surface area contributed by atoms with E-state index in [4.69, 9.17) is 0 Å². The molecule has 24 heavy (non-hydrogen) atoms.